The quantitative estimate of drug-likeness (QED) is 0.861. The molecule has 3 nitrogen and oxygen atoms in total. The average molecular weight is 328 g/mol. The van der Waals surface area contributed by atoms with Gasteiger partial charge in [-0.3, -0.25) is 4.79 Å². The van der Waals surface area contributed by atoms with E-state index in [1.807, 2.05) is 0 Å². The van der Waals surface area contributed by atoms with Crippen LogP contribution in [0.4, 0.5) is 4.39 Å². The van der Waals surface area contributed by atoms with Gasteiger partial charge in [-0.1, -0.05) is 24.3 Å². The van der Waals surface area contributed by atoms with Crippen molar-refractivity contribution in [2.24, 2.45) is 17.8 Å². The van der Waals surface area contributed by atoms with Crippen LogP contribution < -0.4 is 5.32 Å². The van der Waals surface area contributed by atoms with Gasteiger partial charge >= 0.3 is 0 Å². The van der Waals surface area contributed by atoms with Gasteiger partial charge in [-0.2, -0.15) is 0 Å². The highest BCUT2D eigenvalue weighted by atomic mass is 19.1. The number of benzene rings is 1. The Kier molecular flexibility index (Phi) is 4.40. The minimum absolute atomic E-state index is 0.176. The van der Waals surface area contributed by atoms with Gasteiger partial charge in [0.1, 0.15) is 5.82 Å². The Balaban J connectivity index is 1.25. The third kappa shape index (κ3) is 3.12. The van der Waals surface area contributed by atoms with Crippen LogP contribution >= 0.6 is 0 Å². The zero-order chi connectivity index (χ0) is 16.5. The lowest BCUT2D eigenvalue weighted by Gasteiger charge is -2.33. The van der Waals surface area contributed by atoms with Gasteiger partial charge in [0.25, 0.3) is 5.91 Å². The molecular formula is C20H25FN2O. The Bertz CT molecular complexity index is 636. The summed E-state index contributed by atoms with van der Waals surface area (Å²) in [6.45, 7) is 2.51. The fourth-order valence-electron chi connectivity index (χ4n) is 4.54. The molecule has 0 unspecified atom stereocenters. The number of allylic oxidation sites excluding steroid dienone is 2. The maximum atomic E-state index is 13.8. The van der Waals surface area contributed by atoms with Gasteiger partial charge in [0, 0.05) is 19.1 Å². The Morgan fingerprint density at radius 3 is 2.62 bits per heavy atom. The summed E-state index contributed by atoms with van der Waals surface area (Å²) in [7, 11) is 0. The second-order valence-electron chi connectivity index (χ2n) is 7.49. The van der Waals surface area contributed by atoms with Crippen molar-refractivity contribution in [3.63, 3.8) is 0 Å². The number of halogens is 1. The van der Waals surface area contributed by atoms with E-state index < -0.39 is 5.82 Å². The van der Waals surface area contributed by atoms with E-state index in [1.54, 1.807) is 23.1 Å². The Morgan fingerprint density at radius 2 is 1.96 bits per heavy atom. The van der Waals surface area contributed by atoms with Crippen LogP contribution in [0.2, 0.25) is 0 Å². The molecule has 2 aliphatic carbocycles. The molecule has 128 valence electrons. The Hall–Kier alpha value is -1.68. The number of hydrogen-bond acceptors (Lipinski definition) is 2. The number of nitrogens with zero attached hydrogens (tertiary/aromatic N) is 1. The van der Waals surface area contributed by atoms with Crippen LogP contribution in [0.25, 0.3) is 0 Å². The zero-order valence-corrected chi connectivity index (χ0v) is 14.0. The zero-order valence-electron chi connectivity index (χ0n) is 14.0. The SMILES string of the molecule is O=C(c1ccccc1F)N1CCC(NC[C@H]2C[C@H]3C=C[C@H]2C3)CC1. The van der Waals surface area contributed by atoms with E-state index in [2.05, 4.69) is 17.5 Å². The Labute approximate surface area is 142 Å². The third-order valence-corrected chi connectivity index (χ3v) is 5.97. The summed E-state index contributed by atoms with van der Waals surface area (Å²) in [4.78, 5) is 14.2. The summed E-state index contributed by atoms with van der Waals surface area (Å²) in [5, 5.41) is 3.71. The fraction of sp³-hybridized carbons (Fsp3) is 0.550. The number of nitrogens with one attached hydrogen (secondary N) is 1. The molecule has 2 bridgehead atoms. The summed E-state index contributed by atoms with van der Waals surface area (Å²) in [5.41, 5.74) is 0.192. The molecule has 1 aromatic rings. The topological polar surface area (TPSA) is 32.3 Å². The lowest BCUT2D eigenvalue weighted by molar-refractivity contribution is 0.0699. The second-order valence-corrected chi connectivity index (χ2v) is 7.49. The van der Waals surface area contributed by atoms with E-state index >= 15 is 0 Å². The standard InChI is InChI=1S/C20H25FN2O/c21-19-4-2-1-3-18(19)20(24)23-9-7-17(8-10-23)22-13-16-12-14-5-6-15(16)11-14/h1-6,14-17,22H,7-13H2/t14-,15-,16+/m0/s1. The predicted octanol–water partition coefficient (Wildman–Crippen LogP) is 3.23. The van der Waals surface area contributed by atoms with Crippen molar-refractivity contribution in [1.29, 1.82) is 0 Å². The van der Waals surface area contributed by atoms with Crippen LogP contribution in [0.15, 0.2) is 36.4 Å². The molecule has 24 heavy (non-hydrogen) atoms. The largest absolute Gasteiger partial charge is 0.338 e. The number of hydrogen-bond donors (Lipinski definition) is 1. The number of amides is 1. The van der Waals surface area contributed by atoms with Crippen LogP contribution in [-0.4, -0.2) is 36.5 Å². The number of carbonyl (C=O) groups is 1. The van der Waals surface area contributed by atoms with Gasteiger partial charge < -0.3 is 10.2 Å². The summed E-state index contributed by atoms with van der Waals surface area (Å²) in [6.07, 6.45) is 9.37. The summed E-state index contributed by atoms with van der Waals surface area (Å²) < 4.78 is 13.8. The lowest BCUT2D eigenvalue weighted by atomic mass is 9.93. The molecule has 1 N–H and O–H groups in total. The second kappa shape index (κ2) is 6.67. The minimum Gasteiger partial charge on any atom is -0.338 e. The molecule has 1 saturated heterocycles. The first-order valence-corrected chi connectivity index (χ1v) is 9.16. The molecule has 1 amide bonds. The monoisotopic (exact) mass is 328 g/mol. The molecule has 4 heteroatoms. The lowest BCUT2D eigenvalue weighted by Crippen LogP contribution is -2.46. The van der Waals surface area contributed by atoms with Crippen LogP contribution in [0.5, 0.6) is 0 Å². The van der Waals surface area contributed by atoms with Gasteiger partial charge in [0.15, 0.2) is 0 Å². The first-order valence-electron chi connectivity index (χ1n) is 9.16. The third-order valence-electron chi connectivity index (χ3n) is 5.97. The van der Waals surface area contributed by atoms with Gasteiger partial charge in [0.2, 0.25) is 0 Å². The molecule has 0 aromatic heterocycles. The highest BCUT2D eigenvalue weighted by Crippen LogP contribution is 2.43. The molecule has 1 heterocycles. The fourth-order valence-corrected chi connectivity index (χ4v) is 4.54. The predicted molar refractivity (Wildman–Crippen MR) is 92.2 cm³/mol. The van der Waals surface area contributed by atoms with Crippen molar-refractivity contribution < 1.29 is 9.18 Å². The number of fused-ring (bicyclic) bond motifs is 2. The van der Waals surface area contributed by atoms with Gasteiger partial charge in [-0.25, -0.2) is 4.39 Å². The van der Waals surface area contributed by atoms with Crippen LogP contribution in [0.1, 0.15) is 36.0 Å². The molecule has 2 fully saturated rings. The van der Waals surface area contributed by atoms with E-state index in [4.69, 9.17) is 0 Å². The minimum atomic E-state index is -0.424. The molecule has 3 atom stereocenters. The van der Waals surface area contributed by atoms with Gasteiger partial charge in [-0.05, 0) is 62.1 Å². The normalized spacial score (nSPS) is 29.4. The number of carbonyl (C=O) groups excluding carboxylic acids is 1. The van der Waals surface area contributed by atoms with Crippen LogP contribution in [0, 0.1) is 23.6 Å². The average Bonchev–Trinajstić information content (AvgIpc) is 3.23. The van der Waals surface area contributed by atoms with Crippen molar-refractivity contribution in [2.75, 3.05) is 19.6 Å². The summed E-state index contributed by atoms with van der Waals surface area (Å²) in [6, 6.07) is 6.75. The van der Waals surface area contributed by atoms with E-state index in [0.717, 1.165) is 37.1 Å². The highest BCUT2D eigenvalue weighted by Gasteiger charge is 2.35. The van der Waals surface area contributed by atoms with Crippen LogP contribution in [-0.2, 0) is 0 Å². The first-order chi connectivity index (χ1) is 11.7. The molecule has 1 saturated carbocycles. The molecule has 3 aliphatic rings. The van der Waals surface area contributed by atoms with E-state index in [1.165, 1.54) is 18.9 Å². The number of rotatable bonds is 4. The van der Waals surface area contributed by atoms with E-state index in [0.29, 0.717) is 19.1 Å². The van der Waals surface area contributed by atoms with Crippen molar-refractivity contribution in [1.82, 2.24) is 10.2 Å². The molecular weight excluding hydrogens is 303 g/mol. The summed E-state index contributed by atoms with van der Waals surface area (Å²) >= 11 is 0. The number of likely N-dealkylation sites (tertiary alicyclic amines) is 1. The molecule has 4 rings (SSSR count). The highest BCUT2D eigenvalue weighted by molar-refractivity contribution is 5.94. The van der Waals surface area contributed by atoms with Gasteiger partial charge in [-0.15, -0.1) is 0 Å². The van der Waals surface area contributed by atoms with E-state index in [-0.39, 0.29) is 11.5 Å². The van der Waals surface area contributed by atoms with Crippen LogP contribution in [0.3, 0.4) is 0 Å². The van der Waals surface area contributed by atoms with Crippen molar-refractivity contribution in [3.05, 3.63) is 47.8 Å². The molecule has 1 aliphatic heterocycles. The first kappa shape index (κ1) is 15.8. The summed E-state index contributed by atoms with van der Waals surface area (Å²) in [5.74, 6) is 1.79. The van der Waals surface area contributed by atoms with Crippen molar-refractivity contribution in [3.8, 4) is 0 Å². The molecule has 0 radical (unpaired) electrons. The van der Waals surface area contributed by atoms with Crippen molar-refractivity contribution in [2.45, 2.75) is 31.7 Å². The smallest absolute Gasteiger partial charge is 0.256 e. The van der Waals surface area contributed by atoms with Gasteiger partial charge in [0.05, 0.1) is 5.56 Å². The maximum Gasteiger partial charge on any atom is 0.256 e. The molecule has 1 aromatic carbocycles. The maximum absolute atomic E-state index is 13.8. The number of piperidine rings is 1. The van der Waals surface area contributed by atoms with Crippen molar-refractivity contribution >= 4 is 5.91 Å². The Morgan fingerprint density at radius 1 is 1.17 bits per heavy atom. The molecule has 0 spiro atoms. The van der Waals surface area contributed by atoms with E-state index in [9.17, 15) is 9.18 Å².